The zero-order valence-corrected chi connectivity index (χ0v) is 17.7. The molecule has 7 nitrogen and oxygen atoms in total. The molecule has 2 heterocycles. The van der Waals surface area contributed by atoms with Gasteiger partial charge in [-0.1, -0.05) is 23.9 Å². The third-order valence-electron chi connectivity index (χ3n) is 4.83. The Kier molecular flexibility index (Phi) is 5.80. The van der Waals surface area contributed by atoms with E-state index in [1.54, 1.807) is 24.3 Å². The van der Waals surface area contributed by atoms with Crippen LogP contribution in [-0.4, -0.2) is 47.2 Å². The second kappa shape index (κ2) is 8.39. The zero-order valence-electron chi connectivity index (χ0n) is 16.0. The van der Waals surface area contributed by atoms with E-state index in [1.165, 1.54) is 0 Å². The standard InChI is InChI=1S/C20H17F2N3O4S2/c21-12-5-6-17(15(22)9-12)25-19(27)14-3-1-2-4-16(14)24-20(25)30-10-18(26)23-13-7-8-31(28,29)11-13/h1-6,9,13H,7-8,10-11H2,(H,23,26)/t13-/m0/s1. The van der Waals surface area contributed by atoms with Gasteiger partial charge in [-0.25, -0.2) is 22.2 Å². The van der Waals surface area contributed by atoms with Crippen LogP contribution in [0.25, 0.3) is 16.6 Å². The Balaban J connectivity index is 1.66. The summed E-state index contributed by atoms with van der Waals surface area (Å²) in [7, 11) is -3.14. The van der Waals surface area contributed by atoms with Crippen LogP contribution < -0.4 is 10.9 Å². The molecule has 0 unspecified atom stereocenters. The molecule has 0 spiro atoms. The van der Waals surface area contributed by atoms with Gasteiger partial charge in [-0.2, -0.15) is 0 Å². The van der Waals surface area contributed by atoms with Gasteiger partial charge in [0.2, 0.25) is 5.91 Å². The maximum atomic E-state index is 14.5. The number of halogens is 2. The number of para-hydroxylation sites is 1. The summed E-state index contributed by atoms with van der Waals surface area (Å²) in [5.74, 6) is -2.40. The quantitative estimate of drug-likeness (QED) is 0.458. The fraction of sp³-hybridized carbons (Fsp3) is 0.250. The van der Waals surface area contributed by atoms with Crippen LogP contribution in [0.15, 0.2) is 52.4 Å². The van der Waals surface area contributed by atoms with Crippen LogP contribution in [0.1, 0.15) is 6.42 Å². The summed E-state index contributed by atoms with van der Waals surface area (Å²) >= 11 is 0.905. The molecule has 1 aromatic heterocycles. The highest BCUT2D eigenvalue weighted by Crippen LogP contribution is 2.23. The van der Waals surface area contributed by atoms with E-state index in [1.807, 2.05) is 0 Å². The summed E-state index contributed by atoms with van der Waals surface area (Å²) in [5, 5.41) is 2.96. The van der Waals surface area contributed by atoms with Gasteiger partial charge >= 0.3 is 0 Å². The second-order valence-corrected chi connectivity index (χ2v) is 10.3. The number of carbonyl (C=O) groups is 1. The Morgan fingerprint density at radius 3 is 2.71 bits per heavy atom. The van der Waals surface area contributed by atoms with Gasteiger partial charge in [0.05, 0.1) is 33.8 Å². The predicted molar refractivity (Wildman–Crippen MR) is 113 cm³/mol. The molecule has 162 valence electrons. The first-order chi connectivity index (χ1) is 14.7. The van der Waals surface area contributed by atoms with Crippen molar-refractivity contribution >= 4 is 38.4 Å². The summed E-state index contributed by atoms with van der Waals surface area (Å²) in [6, 6.07) is 8.88. The highest BCUT2D eigenvalue weighted by atomic mass is 32.2. The molecule has 1 fully saturated rings. The molecule has 0 saturated carbocycles. The topological polar surface area (TPSA) is 98.1 Å². The number of carbonyl (C=O) groups excluding carboxylic acids is 1. The zero-order chi connectivity index (χ0) is 22.2. The van der Waals surface area contributed by atoms with E-state index in [0.29, 0.717) is 18.0 Å². The van der Waals surface area contributed by atoms with E-state index in [9.17, 15) is 26.8 Å². The van der Waals surface area contributed by atoms with Gasteiger partial charge in [0.15, 0.2) is 15.0 Å². The van der Waals surface area contributed by atoms with Gasteiger partial charge < -0.3 is 5.32 Å². The van der Waals surface area contributed by atoms with Gasteiger partial charge in [-0.3, -0.25) is 14.2 Å². The van der Waals surface area contributed by atoms with Crippen LogP contribution >= 0.6 is 11.8 Å². The first-order valence-corrected chi connectivity index (χ1v) is 12.1. The number of amides is 1. The normalized spacial score (nSPS) is 17.7. The molecule has 4 rings (SSSR count). The number of hydrogen-bond donors (Lipinski definition) is 1. The van der Waals surface area contributed by atoms with Crippen molar-refractivity contribution in [2.45, 2.75) is 17.6 Å². The predicted octanol–water partition coefficient (Wildman–Crippen LogP) is 2.06. The lowest BCUT2D eigenvalue weighted by atomic mass is 10.2. The summed E-state index contributed by atoms with van der Waals surface area (Å²) in [4.78, 5) is 29.8. The number of aromatic nitrogens is 2. The van der Waals surface area contributed by atoms with Gasteiger partial charge in [0, 0.05) is 12.1 Å². The number of thioether (sulfide) groups is 1. The molecule has 1 amide bonds. The molecule has 1 N–H and O–H groups in total. The van der Waals surface area contributed by atoms with E-state index >= 15 is 0 Å². The molecule has 1 saturated heterocycles. The molecule has 3 aromatic rings. The molecule has 1 aliphatic rings. The van der Waals surface area contributed by atoms with Crippen molar-refractivity contribution in [2.75, 3.05) is 17.3 Å². The highest BCUT2D eigenvalue weighted by molar-refractivity contribution is 7.99. The van der Waals surface area contributed by atoms with E-state index in [-0.39, 0.29) is 33.5 Å². The maximum Gasteiger partial charge on any atom is 0.266 e. The van der Waals surface area contributed by atoms with Crippen LogP contribution in [-0.2, 0) is 14.6 Å². The van der Waals surface area contributed by atoms with Crippen molar-refractivity contribution in [3.05, 3.63) is 64.5 Å². The Bertz CT molecular complexity index is 1340. The summed E-state index contributed by atoms with van der Waals surface area (Å²) in [5.41, 5.74) is -0.369. The molecule has 0 aliphatic carbocycles. The SMILES string of the molecule is O=C(CSc1nc2ccccc2c(=O)n1-c1ccc(F)cc1F)N[C@H]1CCS(=O)(=O)C1. The Morgan fingerprint density at radius 2 is 2.00 bits per heavy atom. The van der Waals surface area contributed by atoms with E-state index in [2.05, 4.69) is 10.3 Å². The first kappa shape index (κ1) is 21.4. The number of nitrogens with one attached hydrogen (secondary N) is 1. The largest absolute Gasteiger partial charge is 0.352 e. The fourth-order valence-corrected chi connectivity index (χ4v) is 5.88. The molecular weight excluding hydrogens is 448 g/mol. The Morgan fingerprint density at radius 1 is 1.23 bits per heavy atom. The lowest BCUT2D eigenvalue weighted by Gasteiger charge is -2.15. The van der Waals surface area contributed by atoms with Gasteiger partial charge in [-0.05, 0) is 30.7 Å². The van der Waals surface area contributed by atoms with Crippen molar-refractivity contribution in [3.8, 4) is 5.69 Å². The molecule has 1 atom stereocenters. The molecule has 0 bridgehead atoms. The maximum absolute atomic E-state index is 14.5. The second-order valence-electron chi connectivity index (χ2n) is 7.10. The van der Waals surface area contributed by atoms with Gasteiger partial charge in [0.1, 0.15) is 11.6 Å². The van der Waals surface area contributed by atoms with Crippen LogP contribution in [0.4, 0.5) is 8.78 Å². The van der Waals surface area contributed by atoms with E-state index in [0.717, 1.165) is 28.5 Å². The molecule has 0 radical (unpaired) electrons. The number of nitrogens with zero attached hydrogens (tertiary/aromatic N) is 2. The van der Waals surface area contributed by atoms with Crippen LogP contribution in [0.5, 0.6) is 0 Å². The van der Waals surface area contributed by atoms with E-state index in [4.69, 9.17) is 0 Å². The smallest absolute Gasteiger partial charge is 0.266 e. The average Bonchev–Trinajstić information content (AvgIpc) is 3.05. The number of benzene rings is 2. The van der Waals surface area contributed by atoms with Crippen molar-refractivity contribution in [3.63, 3.8) is 0 Å². The molecule has 2 aromatic carbocycles. The molecule has 1 aliphatic heterocycles. The Labute approximate surface area is 180 Å². The fourth-order valence-electron chi connectivity index (χ4n) is 3.39. The summed E-state index contributed by atoms with van der Waals surface area (Å²) < 4.78 is 52.0. The number of fused-ring (bicyclic) bond motifs is 1. The third-order valence-corrected chi connectivity index (χ3v) is 7.53. The molecule has 11 heteroatoms. The minimum absolute atomic E-state index is 0.0285. The monoisotopic (exact) mass is 465 g/mol. The molecule has 31 heavy (non-hydrogen) atoms. The van der Waals surface area contributed by atoms with Crippen molar-refractivity contribution in [2.24, 2.45) is 0 Å². The number of rotatable bonds is 5. The minimum Gasteiger partial charge on any atom is -0.352 e. The lowest BCUT2D eigenvalue weighted by molar-refractivity contribution is -0.119. The number of hydrogen-bond acceptors (Lipinski definition) is 6. The molecular formula is C20H17F2N3O4S2. The van der Waals surface area contributed by atoms with Gasteiger partial charge in [-0.15, -0.1) is 0 Å². The Hall–Kier alpha value is -2.79. The summed E-state index contributed by atoms with van der Waals surface area (Å²) in [6.45, 7) is 0. The van der Waals surface area contributed by atoms with Crippen molar-refractivity contribution in [1.29, 1.82) is 0 Å². The minimum atomic E-state index is -3.14. The first-order valence-electron chi connectivity index (χ1n) is 9.33. The van der Waals surface area contributed by atoms with Gasteiger partial charge in [0.25, 0.3) is 5.56 Å². The van der Waals surface area contributed by atoms with Crippen molar-refractivity contribution < 1.29 is 22.0 Å². The van der Waals surface area contributed by atoms with Crippen molar-refractivity contribution in [1.82, 2.24) is 14.9 Å². The van der Waals surface area contributed by atoms with E-state index < -0.39 is 39.0 Å². The highest BCUT2D eigenvalue weighted by Gasteiger charge is 2.29. The number of sulfone groups is 1. The lowest BCUT2D eigenvalue weighted by Crippen LogP contribution is -2.36. The average molecular weight is 466 g/mol. The van der Waals surface area contributed by atoms with Crippen LogP contribution in [0, 0.1) is 11.6 Å². The van der Waals surface area contributed by atoms with Crippen LogP contribution in [0.3, 0.4) is 0 Å². The third kappa shape index (κ3) is 4.62. The summed E-state index contributed by atoms with van der Waals surface area (Å²) in [6.07, 6.45) is 0.346. The van der Waals surface area contributed by atoms with Crippen LogP contribution in [0.2, 0.25) is 0 Å².